The van der Waals surface area contributed by atoms with Crippen LogP contribution >= 0.6 is 0 Å². The molecule has 0 saturated carbocycles. The number of unbranched alkanes of at least 4 members (excludes halogenated alkanes) is 3. The summed E-state index contributed by atoms with van der Waals surface area (Å²) in [6.07, 6.45) is 4.23. The molecule has 0 aliphatic carbocycles. The highest BCUT2D eigenvalue weighted by Gasteiger charge is 2.18. The Labute approximate surface area is 168 Å². The minimum atomic E-state index is -1.20. The van der Waals surface area contributed by atoms with E-state index in [-0.39, 0.29) is 28.0 Å². The molecule has 7 heteroatoms. The standard InChI is InChI=1S/C22H20N2O5/c1-2-3-4-5-10-28-18-7-8-19(16(12-18)13-23)22(27)29-20-9-6-15(21(25)26)11-17(20)14-24/h6-9,11-12H,2-5,10H2,1H3,(H,25,26). The van der Waals surface area contributed by atoms with Crippen molar-refractivity contribution < 1.29 is 24.2 Å². The predicted molar refractivity (Wildman–Crippen MR) is 104 cm³/mol. The molecule has 0 bridgehead atoms. The molecule has 0 amide bonds. The second-order valence-electron chi connectivity index (χ2n) is 6.25. The fourth-order valence-electron chi connectivity index (χ4n) is 2.60. The van der Waals surface area contributed by atoms with Crippen LogP contribution < -0.4 is 9.47 Å². The van der Waals surface area contributed by atoms with Crippen molar-refractivity contribution >= 4 is 11.9 Å². The highest BCUT2D eigenvalue weighted by Crippen LogP contribution is 2.23. The van der Waals surface area contributed by atoms with Crippen LogP contribution in [0.15, 0.2) is 36.4 Å². The SMILES string of the molecule is CCCCCCOc1ccc(C(=O)Oc2ccc(C(=O)O)cc2C#N)c(C#N)c1. The zero-order valence-corrected chi connectivity index (χ0v) is 16.0. The van der Waals surface area contributed by atoms with E-state index < -0.39 is 11.9 Å². The first-order chi connectivity index (χ1) is 14.0. The van der Waals surface area contributed by atoms with Crippen molar-refractivity contribution in [2.24, 2.45) is 0 Å². The zero-order chi connectivity index (χ0) is 21.2. The van der Waals surface area contributed by atoms with Crippen LogP contribution in [0.25, 0.3) is 0 Å². The van der Waals surface area contributed by atoms with Gasteiger partial charge in [0.2, 0.25) is 0 Å². The average molecular weight is 392 g/mol. The van der Waals surface area contributed by atoms with Crippen molar-refractivity contribution in [1.82, 2.24) is 0 Å². The molecule has 0 atom stereocenters. The largest absolute Gasteiger partial charge is 0.494 e. The molecule has 2 aromatic rings. The Morgan fingerprint density at radius 2 is 1.76 bits per heavy atom. The molecular weight excluding hydrogens is 372 g/mol. The maximum absolute atomic E-state index is 12.5. The summed E-state index contributed by atoms with van der Waals surface area (Å²) < 4.78 is 10.8. The minimum absolute atomic E-state index is 0.0250. The number of rotatable bonds is 9. The zero-order valence-electron chi connectivity index (χ0n) is 16.0. The Hall–Kier alpha value is -3.84. The highest BCUT2D eigenvalue weighted by atomic mass is 16.5. The molecule has 0 unspecified atom stereocenters. The number of hydrogen-bond acceptors (Lipinski definition) is 6. The number of carboxylic acids is 1. The first-order valence-corrected chi connectivity index (χ1v) is 9.16. The molecule has 0 spiro atoms. The van der Waals surface area contributed by atoms with Crippen LogP contribution in [0, 0.1) is 22.7 Å². The van der Waals surface area contributed by atoms with Gasteiger partial charge in [-0.25, -0.2) is 9.59 Å². The molecule has 2 aromatic carbocycles. The highest BCUT2D eigenvalue weighted by molar-refractivity contribution is 5.94. The molecule has 2 rings (SSSR count). The fraction of sp³-hybridized carbons (Fsp3) is 0.273. The van der Waals surface area contributed by atoms with Crippen LogP contribution in [0.3, 0.4) is 0 Å². The van der Waals surface area contributed by atoms with Gasteiger partial charge in [-0.1, -0.05) is 26.2 Å². The monoisotopic (exact) mass is 392 g/mol. The van der Waals surface area contributed by atoms with E-state index in [9.17, 15) is 20.1 Å². The van der Waals surface area contributed by atoms with Gasteiger partial charge in [-0.05, 0) is 42.8 Å². The predicted octanol–water partition coefficient (Wildman–Crippen LogP) is 4.31. The van der Waals surface area contributed by atoms with Gasteiger partial charge in [0.1, 0.15) is 23.6 Å². The second kappa shape index (κ2) is 10.5. The number of carbonyl (C=O) groups excluding carboxylic acids is 1. The number of aromatic carboxylic acids is 1. The summed E-state index contributed by atoms with van der Waals surface area (Å²) in [5, 5.41) is 27.5. The lowest BCUT2D eigenvalue weighted by molar-refractivity contribution is 0.0696. The van der Waals surface area contributed by atoms with Crippen LogP contribution in [-0.4, -0.2) is 23.7 Å². The summed E-state index contributed by atoms with van der Waals surface area (Å²) in [6.45, 7) is 2.65. The van der Waals surface area contributed by atoms with Gasteiger partial charge in [0.25, 0.3) is 0 Å². The molecule has 0 saturated heterocycles. The van der Waals surface area contributed by atoms with Crippen LogP contribution in [0.4, 0.5) is 0 Å². The van der Waals surface area contributed by atoms with Crippen molar-refractivity contribution in [2.45, 2.75) is 32.6 Å². The fourth-order valence-corrected chi connectivity index (χ4v) is 2.60. The van der Waals surface area contributed by atoms with Crippen LogP contribution in [0.5, 0.6) is 11.5 Å². The number of esters is 1. The summed E-state index contributed by atoms with van der Waals surface area (Å²) in [5.41, 5.74) is -0.0814. The molecule has 0 aliphatic rings. The van der Waals surface area contributed by atoms with Crippen molar-refractivity contribution in [2.75, 3.05) is 6.61 Å². The number of nitrogens with zero attached hydrogens (tertiary/aromatic N) is 2. The quantitative estimate of drug-likeness (QED) is 0.383. The maximum atomic E-state index is 12.5. The Morgan fingerprint density at radius 1 is 1.00 bits per heavy atom. The van der Waals surface area contributed by atoms with Crippen molar-refractivity contribution in [3.8, 4) is 23.6 Å². The van der Waals surface area contributed by atoms with Crippen LogP contribution in [0.2, 0.25) is 0 Å². The molecule has 29 heavy (non-hydrogen) atoms. The summed E-state index contributed by atoms with van der Waals surface area (Å²) in [6, 6.07) is 11.8. The molecule has 0 aliphatic heterocycles. The van der Waals surface area contributed by atoms with Crippen molar-refractivity contribution in [3.63, 3.8) is 0 Å². The first kappa shape index (κ1) is 21.5. The van der Waals surface area contributed by atoms with Crippen LogP contribution in [-0.2, 0) is 0 Å². The van der Waals surface area contributed by atoms with E-state index in [2.05, 4.69) is 6.92 Å². The molecule has 7 nitrogen and oxygen atoms in total. The molecule has 1 N–H and O–H groups in total. The molecule has 0 radical (unpaired) electrons. The Morgan fingerprint density at radius 3 is 2.41 bits per heavy atom. The molecule has 148 valence electrons. The third-order valence-corrected chi connectivity index (χ3v) is 4.15. The maximum Gasteiger partial charge on any atom is 0.344 e. The van der Waals surface area contributed by atoms with Gasteiger partial charge >= 0.3 is 11.9 Å². The van der Waals surface area contributed by atoms with Crippen molar-refractivity contribution in [1.29, 1.82) is 10.5 Å². The molecule has 0 fully saturated rings. The third-order valence-electron chi connectivity index (χ3n) is 4.15. The third kappa shape index (κ3) is 5.82. The number of ether oxygens (including phenoxy) is 2. The van der Waals surface area contributed by atoms with E-state index in [0.717, 1.165) is 31.7 Å². The minimum Gasteiger partial charge on any atom is -0.494 e. The van der Waals surface area contributed by atoms with Gasteiger partial charge in [-0.15, -0.1) is 0 Å². The van der Waals surface area contributed by atoms with E-state index in [4.69, 9.17) is 14.6 Å². The smallest absolute Gasteiger partial charge is 0.344 e. The first-order valence-electron chi connectivity index (χ1n) is 9.16. The van der Waals surface area contributed by atoms with E-state index in [0.29, 0.717) is 12.4 Å². The topological polar surface area (TPSA) is 120 Å². The van der Waals surface area contributed by atoms with E-state index in [1.807, 2.05) is 6.07 Å². The van der Waals surface area contributed by atoms with E-state index in [1.54, 1.807) is 12.1 Å². The van der Waals surface area contributed by atoms with Gasteiger partial charge in [0.05, 0.1) is 28.9 Å². The lowest BCUT2D eigenvalue weighted by Crippen LogP contribution is -2.12. The van der Waals surface area contributed by atoms with Gasteiger partial charge in [-0.2, -0.15) is 10.5 Å². The number of hydrogen-bond donors (Lipinski definition) is 1. The Kier molecular flexibility index (Phi) is 7.76. The lowest BCUT2D eigenvalue weighted by atomic mass is 10.1. The van der Waals surface area contributed by atoms with Gasteiger partial charge in [0.15, 0.2) is 0 Å². The number of benzene rings is 2. The lowest BCUT2D eigenvalue weighted by Gasteiger charge is -2.10. The van der Waals surface area contributed by atoms with E-state index in [1.165, 1.54) is 24.3 Å². The van der Waals surface area contributed by atoms with Crippen molar-refractivity contribution in [3.05, 3.63) is 58.7 Å². The molecular formula is C22H20N2O5. The second-order valence-corrected chi connectivity index (χ2v) is 6.25. The Bertz CT molecular complexity index is 986. The number of carboxylic acid groups (broad SMARTS) is 1. The molecule has 0 heterocycles. The molecule has 0 aromatic heterocycles. The summed E-state index contributed by atoms with van der Waals surface area (Å²) >= 11 is 0. The summed E-state index contributed by atoms with van der Waals surface area (Å²) in [4.78, 5) is 23.5. The number of nitriles is 2. The van der Waals surface area contributed by atoms with Crippen LogP contribution in [0.1, 0.15) is 64.4 Å². The van der Waals surface area contributed by atoms with Gasteiger partial charge in [-0.3, -0.25) is 0 Å². The normalized spacial score (nSPS) is 9.90. The Balaban J connectivity index is 2.14. The average Bonchev–Trinajstić information content (AvgIpc) is 2.73. The summed E-state index contributed by atoms with van der Waals surface area (Å²) in [7, 11) is 0. The van der Waals surface area contributed by atoms with Gasteiger partial charge < -0.3 is 14.6 Å². The summed E-state index contributed by atoms with van der Waals surface area (Å²) in [5.74, 6) is -1.62. The van der Waals surface area contributed by atoms with E-state index >= 15 is 0 Å². The number of carbonyl (C=O) groups is 2. The van der Waals surface area contributed by atoms with Gasteiger partial charge in [0, 0.05) is 0 Å².